The first-order chi connectivity index (χ1) is 11.9. The number of aliphatic hydroxyl groups excluding tert-OH is 1. The van der Waals surface area contributed by atoms with Crippen molar-refractivity contribution in [3.8, 4) is 5.75 Å². The van der Waals surface area contributed by atoms with Gasteiger partial charge in [-0.25, -0.2) is 0 Å². The predicted octanol–water partition coefficient (Wildman–Crippen LogP) is 0.271. The minimum atomic E-state index is -5.42. The summed E-state index contributed by atoms with van der Waals surface area (Å²) in [5.74, 6) is 0.594. The molecule has 0 radical (unpaired) electrons. The number of nitrogens with zero attached hydrogens (tertiary/aromatic N) is 1. The molecule has 12 heteroatoms. The molecule has 0 bridgehead atoms. The van der Waals surface area contributed by atoms with Gasteiger partial charge in [-0.2, -0.15) is 0 Å². The SMILES string of the molecule is CN(CCCOc1cccc(CO)c1)CCC(O)(P(=O)(O)O)P(=O)(O)O. The van der Waals surface area contributed by atoms with Crippen LogP contribution in [-0.2, 0) is 15.7 Å². The molecule has 1 aromatic carbocycles. The Hall–Kier alpha value is -0.800. The highest BCUT2D eigenvalue weighted by molar-refractivity contribution is 7.72. The lowest BCUT2D eigenvalue weighted by atomic mass is 10.2. The molecule has 0 saturated carbocycles. The van der Waals surface area contributed by atoms with E-state index in [1.807, 2.05) is 0 Å². The number of benzene rings is 1. The van der Waals surface area contributed by atoms with E-state index in [0.29, 0.717) is 30.9 Å². The molecule has 0 atom stereocenters. The van der Waals surface area contributed by atoms with Crippen LogP contribution in [0.1, 0.15) is 18.4 Å². The van der Waals surface area contributed by atoms with Crippen molar-refractivity contribution in [1.29, 1.82) is 0 Å². The summed E-state index contributed by atoms with van der Waals surface area (Å²) in [5.41, 5.74) is 0.716. The zero-order chi connectivity index (χ0) is 20.0. The molecule has 0 unspecified atom stereocenters. The van der Waals surface area contributed by atoms with Crippen LogP contribution in [0.4, 0.5) is 0 Å². The van der Waals surface area contributed by atoms with Crippen LogP contribution in [0.2, 0.25) is 0 Å². The fraction of sp³-hybridized carbons (Fsp3) is 0.571. The lowest BCUT2D eigenvalue weighted by Crippen LogP contribution is -2.34. The monoisotopic (exact) mass is 413 g/mol. The van der Waals surface area contributed by atoms with Gasteiger partial charge >= 0.3 is 15.2 Å². The summed E-state index contributed by atoms with van der Waals surface area (Å²) in [5, 5.41) is 15.5. The minimum absolute atomic E-state index is 0.0952. The number of aliphatic hydroxyl groups is 2. The molecule has 1 rings (SSSR count). The summed E-state index contributed by atoms with van der Waals surface area (Å²) in [6, 6.07) is 6.94. The Kier molecular flexibility index (Phi) is 8.41. The van der Waals surface area contributed by atoms with Crippen LogP contribution >= 0.6 is 15.2 Å². The molecule has 0 fully saturated rings. The van der Waals surface area contributed by atoms with Crippen LogP contribution in [0, 0.1) is 0 Å². The van der Waals surface area contributed by atoms with Crippen LogP contribution < -0.4 is 4.74 Å². The quantitative estimate of drug-likeness (QED) is 0.219. The van der Waals surface area contributed by atoms with Gasteiger partial charge in [0, 0.05) is 19.5 Å². The van der Waals surface area contributed by atoms with Gasteiger partial charge in [-0.15, -0.1) is 0 Å². The van der Waals surface area contributed by atoms with Gasteiger partial charge in [0.1, 0.15) is 5.75 Å². The van der Waals surface area contributed by atoms with Gasteiger partial charge in [-0.05, 0) is 31.2 Å². The molecule has 0 aliphatic heterocycles. The maximum Gasteiger partial charge on any atom is 0.369 e. The third-order valence-electron chi connectivity index (χ3n) is 3.80. The summed E-state index contributed by atoms with van der Waals surface area (Å²) in [4.78, 5) is 37.9. The Bertz CT molecular complexity index is 650. The third-order valence-corrected chi connectivity index (χ3v) is 7.67. The smallest absolute Gasteiger partial charge is 0.369 e. The molecule has 150 valence electrons. The van der Waals surface area contributed by atoms with Gasteiger partial charge in [0.2, 0.25) is 0 Å². The molecule has 6 N–H and O–H groups in total. The molecule has 0 aliphatic rings. The summed E-state index contributed by atoms with van der Waals surface area (Å²) in [7, 11) is -9.26. The Morgan fingerprint density at radius 3 is 2.27 bits per heavy atom. The molecule has 0 saturated heterocycles. The van der Waals surface area contributed by atoms with E-state index < -0.39 is 26.7 Å². The second-order valence-electron chi connectivity index (χ2n) is 5.92. The van der Waals surface area contributed by atoms with E-state index in [1.54, 1.807) is 36.2 Å². The van der Waals surface area contributed by atoms with Crippen molar-refractivity contribution >= 4 is 15.2 Å². The highest BCUT2D eigenvalue weighted by Crippen LogP contribution is 2.68. The minimum Gasteiger partial charge on any atom is -0.494 e. The lowest BCUT2D eigenvalue weighted by molar-refractivity contribution is 0.111. The molecular weight excluding hydrogens is 388 g/mol. The molecule has 0 aliphatic carbocycles. The normalized spacial score (nSPS) is 13.2. The Balaban J connectivity index is 2.45. The van der Waals surface area contributed by atoms with Gasteiger partial charge < -0.3 is 39.4 Å². The van der Waals surface area contributed by atoms with Gasteiger partial charge in [-0.1, -0.05) is 12.1 Å². The van der Waals surface area contributed by atoms with E-state index in [9.17, 15) is 14.2 Å². The Morgan fingerprint density at radius 1 is 1.12 bits per heavy atom. The van der Waals surface area contributed by atoms with Crippen LogP contribution in [0.15, 0.2) is 24.3 Å². The first kappa shape index (κ1) is 23.2. The van der Waals surface area contributed by atoms with Crippen LogP contribution in [0.3, 0.4) is 0 Å². The van der Waals surface area contributed by atoms with Crippen LogP contribution in [0.5, 0.6) is 5.75 Å². The van der Waals surface area contributed by atoms with E-state index in [1.165, 1.54) is 0 Å². The van der Waals surface area contributed by atoms with Crippen molar-refractivity contribution < 1.29 is 43.7 Å². The zero-order valence-corrected chi connectivity index (χ0v) is 16.1. The maximum atomic E-state index is 11.3. The van der Waals surface area contributed by atoms with Crippen molar-refractivity contribution in [2.45, 2.75) is 24.5 Å². The van der Waals surface area contributed by atoms with Gasteiger partial charge in [-0.3, -0.25) is 9.13 Å². The van der Waals surface area contributed by atoms with Crippen molar-refractivity contribution in [3.05, 3.63) is 29.8 Å². The van der Waals surface area contributed by atoms with E-state index in [2.05, 4.69) is 0 Å². The van der Waals surface area contributed by atoms with E-state index in [4.69, 9.17) is 29.4 Å². The predicted molar refractivity (Wildman–Crippen MR) is 93.6 cm³/mol. The standard InChI is InChI=1S/C14H25NO9P2/c1-15(8-6-14(17,25(18,19)20)26(21,22)23)7-3-9-24-13-5-2-4-12(10-13)11-16/h2,4-5,10,16-17H,3,6-9,11H2,1H3,(H2,18,19,20)(H2,21,22,23). The first-order valence-corrected chi connectivity index (χ1v) is 11.0. The number of ether oxygens (including phenoxy) is 1. The summed E-state index contributed by atoms with van der Waals surface area (Å²) in [6.45, 7) is 0.521. The van der Waals surface area contributed by atoms with E-state index >= 15 is 0 Å². The molecule has 0 heterocycles. The van der Waals surface area contributed by atoms with Gasteiger partial charge in [0.25, 0.3) is 5.08 Å². The second kappa shape index (κ2) is 9.41. The summed E-state index contributed by atoms with van der Waals surface area (Å²) >= 11 is 0. The lowest BCUT2D eigenvalue weighted by Gasteiger charge is -2.30. The van der Waals surface area contributed by atoms with E-state index in [0.717, 1.165) is 0 Å². The van der Waals surface area contributed by atoms with Crippen LogP contribution in [0.25, 0.3) is 0 Å². The van der Waals surface area contributed by atoms with Gasteiger partial charge in [0.15, 0.2) is 0 Å². The van der Waals surface area contributed by atoms with Crippen molar-refractivity contribution in [1.82, 2.24) is 4.90 Å². The Morgan fingerprint density at radius 2 is 1.73 bits per heavy atom. The second-order valence-corrected chi connectivity index (χ2v) is 9.93. The fourth-order valence-electron chi connectivity index (χ4n) is 2.17. The molecular formula is C14H25NO9P2. The summed E-state index contributed by atoms with van der Waals surface area (Å²) in [6.07, 6.45) is -0.248. The molecule has 1 aromatic rings. The summed E-state index contributed by atoms with van der Waals surface area (Å²) < 4.78 is 28.1. The Labute approximate surface area is 151 Å². The maximum absolute atomic E-state index is 11.3. The molecule has 0 amide bonds. The average Bonchev–Trinajstić information content (AvgIpc) is 2.54. The topological polar surface area (TPSA) is 168 Å². The van der Waals surface area contributed by atoms with Crippen molar-refractivity contribution in [3.63, 3.8) is 0 Å². The van der Waals surface area contributed by atoms with Crippen molar-refractivity contribution in [2.24, 2.45) is 0 Å². The molecule has 0 aromatic heterocycles. The van der Waals surface area contributed by atoms with E-state index in [-0.39, 0.29) is 13.2 Å². The molecule has 10 nitrogen and oxygen atoms in total. The average molecular weight is 413 g/mol. The number of hydrogen-bond donors (Lipinski definition) is 6. The fourth-order valence-corrected chi connectivity index (χ4v) is 4.31. The van der Waals surface area contributed by atoms with Gasteiger partial charge in [0.05, 0.1) is 13.2 Å². The first-order valence-electron chi connectivity index (χ1n) is 7.75. The number of rotatable bonds is 11. The van der Waals surface area contributed by atoms with Crippen LogP contribution in [-0.4, -0.2) is 66.5 Å². The highest BCUT2D eigenvalue weighted by atomic mass is 31.2. The molecule has 0 spiro atoms. The zero-order valence-electron chi connectivity index (χ0n) is 14.3. The largest absolute Gasteiger partial charge is 0.494 e. The third kappa shape index (κ3) is 6.42. The highest BCUT2D eigenvalue weighted by Gasteiger charge is 2.58. The van der Waals surface area contributed by atoms with Crippen molar-refractivity contribution in [2.75, 3.05) is 26.7 Å². The number of hydrogen-bond acceptors (Lipinski definition) is 6. The molecule has 26 heavy (non-hydrogen) atoms.